The number of aliphatic hydroxyl groups excluding tert-OH is 2. The topological polar surface area (TPSA) is 113 Å². The van der Waals surface area contributed by atoms with E-state index in [4.69, 9.17) is 5.11 Å². The fourth-order valence-corrected chi connectivity index (χ4v) is 2.77. The lowest BCUT2D eigenvalue weighted by Crippen LogP contribution is -2.29. The molecule has 9 heteroatoms. The summed E-state index contributed by atoms with van der Waals surface area (Å²) in [4.78, 5) is 30.1. The first-order chi connectivity index (χ1) is 9.99. The Bertz CT molecular complexity index is 776. The van der Waals surface area contributed by atoms with Crippen LogP contribution in [0.15, 0.2) is 27.4 Å². The Morgan fingerprint density at radius 2 is 2.24 bits per heavy atom. The van der Waals surface area contributed by atoms with Gasteiger partial charge in [-0.05, 0) is 0 Å². The zero-order valence-electron chi connectivity index (χ0n) is 11.4. The summed E-state index contributed by atoms with van der Waals surface area (Å²) in [7, 11) is 1.52. The molecule has 0 bridgehead atoms. The highest BCUT2D eigenvalue weighted by atomic mass is 32.2. The first-order valence-corrected chi connectivity index (χ1v) is 7.20. The third-order valence-electron chi connectivity index (χ3n) is 2.90. The minimum Gasteiger partial charge on any atom is -0.394 e. The van der Waals surface area contributed by atoms with Gasteiger partial charge in [0.25, 0.3) is 5.56 Å². The highest BCUT2D eigenvalue weighted by Gasteiger charge is 2.17. The van der Waals surface area contributed by atoms with Crippen LogP contribution < -0.4 is 11.2 Å². The number of aryl methyl sites for hydroxylation is 1. The van der Waals surface area contributed by atoms with Crippen LogP contribution in [0.1, 0.15) is 0 Å². The normalized spacial score (nSPS) is 12.7. The molecule has 2 heterocycles. The Hall–Kier alpha value is -1.84. The average molecular weight is 312 g/mol. The fourth-order valence-electron chi connectivity index (χ4n) is 1.85. The molecular formula is C12H16N4O4S. The maximum Gasteiger partial charge on any atom is 0.329 e. The minimum atomic E-state index is -0.880. The van der Waals surface area contributed by atoms with Crippen LogP contribution in [0.5, 0.6) is 0 Å². The Balaban J connectivity index is 2.59. The molecule has 0 spiro atoms. The predicted octanol–water partition coefficient (Wildman–Crippen LogP) is -0.945. The van der Waals surface area contributed by atoms with Crippen molar-refractivity contribution in [1.82, 2.24) is 19.1 Å². The molecule has 3 N–H and O–H groups in total. The summed E-state index contributed by atoms with van der Waals surface area (Å²) < 4.78 is 2.87. The van der Waals surface area contributed by atoms with E-state index >= 15 is 0 Å². The second-order valence-corrected chi connectivity index (χ2v) is 5.42. The smallest absolute Gasteiger partial charge is 0.329 e. The second kappa shape index (κ2) is 6.29. The van der Waals surface area contributed by atoms with Crippen molar-refractivity contribution in [3.8, 4) is 0 Å². The molecule has 114 valence electrons. The van der Waals surface area contributed by atoms with Gasteiger partial charge in [0, 0.05) is 19.3 Å². The first-order valence-electron chi connectivity index (χ1n) is 6.21. The highest BCUT2D eigenvalue weighted by molar-refractivity contribution is 7.99. The summed E-state index contributed by atoms with van der Waals surface area (Å²) in [5.74, 6) is 0.225. The van der Waals surface area contributed by atoms with E-state index < -0.39 is 17.4 Å². The predicted molar refractivity (Wildman–Crippen MR) is 79.6 cm³/mol. The lowest BCUT2D eigenvalue weighted by Gasteiger charge is -2.07. The van der Waals surface area contributed by atoms with E-state index in [9.17, 15) is 14.7 Å². The lowest BCUT2D eigenvalue weighted by atomic mass is 10.4. The standard InChI is InChI=1S/C12H16N4O4S/c1-3-4-16-8-9(15(2)11(20)14-10(8)19)13-12(16)21-6-7(18)5-17/h3,7,17-18H,1,4-6H2,2H3,(H,14,19,20). The zero-order valence-corrected chi connectivity index (χ0v) is 12.3. The van der Waals surface area contributed by atoms with Gasteiger partial charge in [0.05, 0.1) is 12.7 Å². The van der Waals surface area contributed by atoms with Crippen LogP contribution in [0.2, 0.25) is 0 Å². The molecule has 1 unspecified atom stereocenters. The molecule has 0 saturated carbocycles. The van der Waals surface area contributed by atoms with Crippen molar-refractivity contribution in [2.24, 2.45) is 7.05 Å². The van der Waals surface area contributed by atoms with Gasteiger partial charge in [-0.1, -0.05) is 17.8 Å². The van der Waals surface area contributed by atoms with Crippen LogP contribution in [0.25, 0.3) is 11.2 Å². The molecule has 8 nitrogen and oxygen atoms in total. The highest BCUT2D eigenvalue weighted by Crippen LogP contribution is 2.22. The summed E-state index contributed by atoms with van der Waals surface area (Å²) in [6, 6.07) is 0. The number of nitrogens with zero attached hydrogens (tertiary/aromatic N) is 3. The van der Waals surface area contributed by atoms with Crippen molar-refractivity contribution in [3.05, 3.63) is 33.5 Å². The van der Waals surface area contributed by atoms with Gasteiger partial charge < -0.3 is 14.8 Å². The molecule has 21 heavy (non-hydrogen) atoms. The monoisotopic (exact) mass is 312 g/mol. The average Bonchev–Trinajstić information content (AvgIpc) is 2.82. The molecule has 0 radical (unpaired) electrons. The van der Waals surface area contributed by atoms with Crippen LogP contribution >= 0.6 is 11.8 Å². The van der Waals surface area contributed by atoms with Crippen LogP contribution in [0.3, 0.4) is 0 Å². The van der Waals surface area contributed by atoms with Gasteiger partial charge in [-0.3, -0.25) is 14.3 Å². The van der Waals surface area contributed by atoms with Crippen molar-refractivity contribution in [3.63, 3.8) is 0 Å². The van der Waals surface area contributed by atoms with Crippen molar-refractivity contribution < 1.29 is 10.2 Å². The van der Waals surface area contributed by atoms with E-state index in [1.54, 1.807) is 10.6 Å². The Morgan fingerprint density at radius 3 is 2.86 bits per heavy atom. The van der Waals surface area contributed by atoms with Gasteiger partial charge in [0.2, 0.25) is 0 Å². The molecular weight excluding hydrogens is 296 g/mol. The van der Waals surface area contributed by atoms with Gasteiger partial charge >= 0.3 is 5.69 Å². The SMILES string of the molecule is C=CCn1c(SCC(O)CO)nc2c1c(=O)[nH]c(=O)n2C. The number of H-pyrrole nitrogens is 1. The van der Waals surface area contributed by atoms with E-state index in [-0.39, 0.29) is 23.5 Å². The number of rotatable bonds is 6. The van der Waals surface area contributed by atoms with E-state index in [0.717, 1.165) is 0 Å². The maximum absolute atomic E-state index is 12.0. The number of hydrogen-bond donors (Lipinski definition) is 3. The van der Waals surface area contributed by atoms with Crippen LogP contribution in [0, 0.1) is 0 Å². The van der Waals surface area contributed by atoms with Crippen LogP contribution in [-0.4, -0.2) is 47.8 Å². The Morgan fingerprint density at radius 1 is 1.52 bits per heavy atom. The van der Waals surface area contributed by atoms with E-state index in [1.165, 1.54) is 23.4 Å². The lowest BCUT2D eigenvalue weighted by molar-refractivity contribution is 0.113. The quantitative estimate of drug-likeness (QED) is 0.468. The van der Waals surface area contributed by atoms with Crippen molar-refractivity contribution in [1.29, 1.82) is 0 Å². The van der Waals surface area contributed by atoms with Crippen molar-refractivity contribution in [2.45, 2.75) is 17.8 Å². The molecule has 0 aliphatic rings. The molecule has 1 atom stereocenters. The molecule has 0 aromatic carbocycles. The number of imidazole rings is 1. The van der Waals surface area contributed by atoms with Gasteiger partial charge in [0.1, 0.15) is 0 Å². The number of aliphatic hydroxyl groups is 2. The second-order valence-electron chi connectivity index (χ2n) is 4.43. The number of aromatic amines is 1. The number of fused-ring (bicyclic) bond motifs is 1. The van der Waals surface area contributed by atoms with Gasteiger partial charge in [-0.15, -0.1) is 6.58 Å². The van der Waals surface area contributed by atoms with Gasteiger partial charge in [-0.25, -0.2) is 9.78 Å². The molecule has 2 aromatic heterocycles. The third kappa shape index (κ3) is 2.94. The van der Waals surface area contributed by atoms with Crippen molar-refractivity contribution in [2.75, 3.05) is 12.4 Å². The van der Waals surface area contributed by atoms with Crippen molar-refractivity contribution >= 4 is 22.9 Å². The van der Waals surface area contributed by atoms with Crippen LogP contribution in [-0.2, 0) is 13.6 Å². The number of nitrogens with one attached hydrogen (secondary N) is 1. The zero-order chi connectivity index (χ0) is 15.6. The summed E-state index contributed by atoms with van der Waals surface area (Å²) in [6.45, 7) is 3.63. The van der Waals surface area contributed by atoms with Crippen LogP contribution in [0.4, 0.5) is 0 Å². The molecule has 0 aliphatic heterocycles. The Labute approximate surface area is 123 Å². The number of aromatic nitrogens is 4. The minimum absolute atomic E-state index is 0.225. The number of allylic oxidation sites excluding steroid dienone is 1. The van der Waals surface area contributed by atoms with E-state index in [1.807, 2.05) is 0 Å². The largest absolute Gasteiger partial charge is 0.394 e. The summed E-state index contributed by atoms with van der Waals surface area (Å²) >= 11 is 1.19. The molecule has 0 aliphatic carbocycles. The number of thioether (sulfide) groups is 1. The fraction of sp³-hybridized carbons (Fsp3) is 0.417. The first kappa shape index (κ1) is 15.5. The molecule has 2 aromatic rings. The molecule has 2 rings (SSSR count). The summed E-state index contributed by atoms with van der Waals surface area (Å²) in [5, 5.41) is 18.7. The maximum atomic E-state index is 12.0. The third-order valence-corrected chi connectivity index (χ3v) is 4.02. The molecule has 0 amide bonds. The Kier molecular flexibility index (Phi) is 4.66. The molecule has 0 fully saturated rings. The summed E-state index contributed by atoms with van der Waals surface area (Å²) in [6.07, 6.45) is 0.729. The van der Waals surface area contributed by atoms with Gasteiger partial charge in [0.15, 0.2) is 16.3 Å². The summed E-state index contributed by atoms with van der Waals surface area (Å²) in [5.41, 5.74) is -0.510. The molecule has 0 saturated heterocycles. The van der Waals surface area contributed by atoms with Gasteiger partial charge in [-0.2, -0.15) is 0 Å². The van der Waals surface area contributed by atoms with E-state index in [2.05, 4.69) is 16.5 Å². The number of hydrogen-bond acceptors (Lipinski definition) is 6. The van der Waals surface area contributed by atoms with E-state index in [0.29, 0.717) is 11.7 Å².